The van der Waals surface area contributed by atoms with Gasteiger partial charge in [0.1, 0.15) is 0 Å². The highest BCUT2D eigenvalue weighted by Gasteiger charge is 2.28. The highest BCUT2D eigenvalue weighted by atomic mass is 35.5. The molecule has 1 amide bonds. The molecule has 1 aromatic heterocycles. The molecule has 0 saturated carbocycles. The molecule has 0 saturated heterocycles. The van der Waals surface area contributed by atoms with E-state index in [1.165, 1.54) is 0 Å². The molecule has 3 aromatic rings. The second-order valence-corrected chi connectivity index (χ2v) is 6.89. The third kappa shape index (κ3) is 3.22. The summed E-state index contributed by atoms with van der Waals surface area (Å²) in [4.78, 5) is 26.1. The van der Waals surface area contributed by atoms with E-state index in [1.807, 2.05) is 55.6 Å². The van der Waals surface area contributed by atoms with Crippen LogP contribution in [-0.2, 0) is 11.2 Å². The summed E-state index contributed by atoms with van der Waals surface area (Å²) in [5, 5.41) is 0.704. The summed E-state index contributed by atoms with van der Waals surface area (Å²) in [5.41, 5.74) is 2.74. The number of amides is 1. The summed E-state index contributed by atoms with van der Waals surface area (Å²) in [6.07, 6.45) is 1.11. The maximum atomic E-state index is 12.9. The Hall–Kier alpha value is -2.66. The third-order valence-corrected chi connectivity index (χ3v) is 4.90. The van der Waals surface area contributed by atoms with E-state index in [-0.39, 0.29) is 5.91 Å². The Balaban J connectivity index is 1.59. The molecule has 1 aliphatic heterocycles. The molecule has 132 valence electrons. The summed E-state index contributed by atoms with van der Waals surface area (Å²) >= 11 is 5.92. The van der Waals surface area contributed by atoms with Gasteiger partial charge in [-0.05, 0) is 36.2 Å². The van der Waals surface area contributed by atoms with Crippen LogP contribution in [0.15, 0.2) is 48.5 Å². The van der Waals surface area contributed by atoms with Crippen molar-refractivity contribution in [3.05, 3.63) is 59.1 Å². The first-order valence-corrected chi connectivity index (χ1v) is 9.02. The molecule has 0 unspecified atom stereocenters. The Kier molecular flexibility index (Phi) is 4.47. The van der Waals surface area contributed by atoms with E-state index in [4.69, 9.17) is 21.6 Å². The summed E-state index contributed by atoms with van der Waals surface area (Å²) in [5.74, 6) is 1.48. The number of hydrogen-bond donors (Lipinski definition) is 0. The molecule has 0 spiro atoms. The first kappa shape index (κ1) is 16.8. The number of carbonyl (C=O) groups excluding carboxylic acids is 1. The van der Waals surface area contributed by atoms with Gasteiger partial charge in [0, 0.05) is 31.6 Å². The van der Waals surface area contributed by atoms with Crippen LogP contribution in [0, 0.1) is 0 Å². The van der Waals surface area contributed by atoms with Crippen molar-refractivity contribution in [3.8, 4) is 0 Å². The largest absolute Gasteiger partial charge is 0.355 e. The molecule has 5 nitrogen and oxygen atoms in total. The Morgan fingerprint density at radius 3 is 2.35 bits per heavy atom. The van der Waals surface area contributed by atoms with Crippen LogP contribution in [0.4, 0.5) is 11.6 Å². The molecular formula is C20H19ClN4O. The van der Waals surface area contributed by atoms with E-state index >= 15 is 0 Å². The SMILES string of the molecule is CN1CCN(C(=O)CCc2ccc(Cl)cc2)c2nc3ccccc3nc21. The molecule has 0 aliphatic carbocycles. The maximum absolute atomic E-state index is 12.9. The third-order valence-electron chi connectivity index (χ3n) is 4.65. The van der Waals surface area contributed by atoms with Crippen molar-refractivity contribution >= 4 is 40.2 Å². The molecular weight excluding hydrogens is 348 g/mol. The van der Waals surface area contributed by atoms with Crippen molar-refractivity contribution in [2.24, 2.45) is 0 Å². The van der Waals surface area contributed by atoms with Crippen LogP contribution >= 0.6 is 11.6 Å². The highest BCUT2D eigenvalue weighted by molar-refractivity contribution is 6.30. The molecule has 4 rings (SSSR count). The Morgan fingerprint density at radius 2 is 1.65 bits per heavy atom. The standard InChI is InChI=1S/C20H19ClN4O/c1-24-12-13-25(18(26)11-8-14-6-9-15(21)10-7-14)20-19(24)22-16-4-2-3-5-17(16)23-20/h2-7,9-10H,8,11-13H2,1H3. The van der Waals surface area contributed by atoms with Gasteiger partial charge < -0.3 is 4.90 Å². The number of likely N-dealkylation sites (N-methyl/N-ethyl adjacent to an activating group) is 1. The van der Waals surface area contributed by atoms with Crippen LogP contribution in [0.1, 0.15) is 12.0 Å². The van der Waals surface area contributed by atoms with Crippen molar-refractivity contribution < 1.29 is 4.79 Å². The van der Waals surface area contributed by atoms with Gasteiger partial charge in [-0.3, -0.25) is 9.69 Å². The van der Waals surface area contributed by atoms with Crippen molar-refractivity contribution in [3.63, 3.8) is 0 Å². The van der Waals surface area contributed by atoms with Crippen molar-refractivity contribution in [2.75, 3.05) is 29.9 Å². The number of rotatable bonds is 3. The van der Waals surface area contributed by atoms with Gasteiger partial charge >= 0.3 is 0 Å². The number of benzene rings is 2. The van der Waals surface area contributed by atoms with Crippen LogP contribution < -0.4 is 9.80 Å². The van der Waals surface area contributed by atoms with E-state index in [1.54, 1.807) is 4.90 Å². The van der Waals surface area contributed by atoms with Gasteiger partial charge in [-0.2, -0.15) is 0 Å². The lowest BCUT2D eigenvalue weighted by atomic mass is 10.1. The summed E-state index contributed by atoms with van der Waals surface area (Å²) in [7, 11) is 1.98. The van der Waals surface area contributed by atoms with Gasteiger partial charge in [0.25, 0.3) is 0 Å². The molecule has 0 radical (unpaired) electrons. The summed E-state index contributed by atoms with van der Waals surface area (Å²) in [6.45, 7) is 1.36. The monoisotopic (exact) mass is 366 g/mol. The van der Waals surface area contributed by atoms with Crippen LogP contribution in [0.25, 0.3) is 11.0 Å². The number of para-hydroxylation sites is 2. The van der Waals surface area contributed by atoms with E-state index in [0.29, 0.717) is 30.2 Å². The zero-order valence-corrected chi connectivity index (χ0v) is 15.3. The van der Waals surface area contributed by atoms with Crippen LogP contribution in [0.5, 0.6) is 0 Å². The average molecular weight is 367 g/mol. The van der Waals surface area contributed by atoms with Crippen molar-refractivity contribution in [1.29, 1.82) is 0 Å². The second-order valence-electron chi connectivity index (χ2n) is 6.45. The number of aryl methyl sites for hydroxylation is 1. The van der Waals surface area contributed by atoms with Crippen LogP contribution in [-0.4, -0.2) is 36.0 Å². The Labute approximate surface area is 157 Å². The number of carbonyl (C=O) groups is 1. The molecule has 0 fully saturated rings. The number of fused-ring (bicyclic) bond motifs is 2. The maximum Gasteiger partial charge on any atom is 0.228 e. The zero-order chi connectivity index (χ0) is 18.1. The molecule has 6 heteroatoms. The van der Waals surface area contributed by atoms with Gasteiger partial charge in [0.05, 0.1) is 11.0 Å². The summed E-state index contributed by atoms with van der Waals surface area (Å²) in [6, 6.07) is 15.4. The lowest BCUT2D eigenvalue weighted by molar-refractivity contribution is -0.118. The molecule has 2 heterocycles. The van der Waals surface area contributed by atoms with Crippen LogP contribution in [0.2, 0.25) is 5.02 Å². The van der Waals surface area contributed by atoms with Crippen LogP contribution in [0.3, 0.4) is 0 Å². The first-order chi connectivity index (χ1) is 12.6. The number of aromatic nitrogens is 2. The minimum Gasteiger partial charge on any atom is -0.355 e. The normalized spacial score (nSPS) is 13.8. The molecule has 0 atom stereocenters. The lowest BCUT2D eigenvalue weighted by Crippen LogP contribution is -2.43. The quantitative estimate of drug-likeness (QED) is 0.709. The number of halogens is 1. The smallest absolute Gasteiger partial charge is 0.228 e. The molecule has 2 aromatic carbocycles. The van der Waals surface area contributed by atoms with Gasteiger partial charge in [0.2, 0.25) is 5.91 Å². The fourth-order valence-electron chi connectivity index (χ4n) is 3.16. The molecule has 26 heavy (non-hydrogen) atoms. The number of hydrogen-bond acceptors (Lipinski definition) is 4. The van der Waals surface area contributed by atoms with Crippen molar-refractivity contribution in [2.45, 2.75) is 12.8 Å². The van der Waals surface area contributed by atoms with Gasteiger partial charge in [-0.25, -0.2) is 9.97 Å². The topological polar surface area (TPSA) is 49.3 Å². The minimum absolute atomic E-state index is 0.0684. The molecule has 0 N–H and O–H groups in total. The van der Waals surface area contributed by atoms with E-state index in [2.05, 4.69) is 4.90 Å². The Morgan fingerprint density at radius 1 is 1.00 bits per heavy atom. The van der Waals surface area contributed by atoms with Crippen molar-refractivity contribution in [1.82, 2.24) is 9.97 Å². The predicted octanol–water partition coefficient (Wildman–Crippen LogP) is 3.70. The number of nitrogens with zero attached hydrogens (tertiary/aromatic N) is 4. The minimum atomic E-state index is 0.0684. The van der Waals surface area contributed by atoms with E-state index in [9.17, 15) is 4.79 Å². The molecule has 0 bridgehead atoms. The molecule has 1 aliphatic rings. The lowest BCUT2D eigenvalue weighted by Gasteiger charge is -2.33. The Bertz CT molecular complexity index is 958. The van der Waals surface area contributed by atoms with Gasteiger partial charge in [0.15, 0.2) is 11.6 Å². The van der Waals surface area contributed by atoms with E-state index in [0.717, 1.165) is 29.0 Å². The summed E-state index contributed by atoms with van der Waals surface area (Å²) < 4.78 is 0. The number of anilines is 2. The fraction of sp³-hybridized carbons (Fsp3) is 0.250. The fourth-order valence-corrected chi connectivity index (χ4v) is 3.29. The second kappa shape index (κ2) is 6.92. The van der Waals surface area contributed by atoms with Gasteiger partial charge in [-0.1, -0.05) is 35.9 Å². The predicted molar refractivity (Wildman–Crippen MR) is 105 cm³/mol. The first-order valence-electron chi connectivity index (χ1n) is 8.64. The van der Waals surface area contributed by atoms with Gasteiger partial charge in [-0.15, -0.1) is 0 Å². The highest BCUT2D eigenvalue weighted by Crippen LogP contribution is 2.31. The average Bonchev–Trinajstić information content (AvgIpc) is 2.66. The zero-order valence-electron chi connectivity index (χ0n) is 14.5. The van der Waals surface area contributed by atoms with E-state index < -0.39 is 0 Å².